The normalized spacial score (nSPS) is 18.1. The maximum Gasteiger partial charge on any atom is 0.325 e. The first-order valence-electron chi connectivity index (χ1n) is 10.6. The molecule has 4 amide bonds. The van der Waals surface area contributed by atoms with Gasteiger partial charge in [0, 0.05) is 38.4 Å². The molecule has 1 spiro atoms. The molecule has 9 nitrogen and oxygen atoms in total. The number of nitrogens with one attached hydrogen (secondary N) is 2. The first kappa shape index (κ1) is 22.6. The third-order valence-electron chi connectivity index (χ3n) is 5.79. The lowest BCUT2D eigenvalue weighted by Gasteiger charge is -2.20. The van der Waals surface area contributed by atoms with Crippen LogP contribution in [0.4, 0.5) is 16.2 Å². The molecule has 0 radical (unpaired) electrons. The molecule has 31 heavy (non-hydrogen) atoms. The average Bonchev–Trinajstić information content (AvgIpc) is 3.28. The van der Waals surface area contributed by atoms with Crippen molar-refractivity contribution in [1.29, 1.82) is 0 Å². The van der Waals surface area contributed by atoms with Crippen molar-refractivity contribution in [2.24, 2.45) is 0 Å². The Labute approximate surface area is 182 Å². The van der Waals surface area contributed by atoms with Crippen LogP contribution in [-0.4, -0.2) is 61.0 Å². The molecule has 9 heteroatoms. The van der Waals surface area contributed by atoms with Gasteiger partial charge in [-0.2, -0.15) is 0 Å². The van der Waals surface area contributed by atoms with Crippen molar-refractivity contribution < 1.29 is 23.9 Å². The number of hydrogen-bond donors (Lipinski definition) is 2. The molecule has 1 saturated heterocycles. The number of rotatable bonds is 8. The van der Waals surface area contributed by atoms with Crippen LogP contribution in [0.1, 0.15) is 45.4 Å². The van der Waals surface area contributed by atoms with Gasteiger partial charge >= 0.3 is 12.0 Å². The third-order valence-corrected chi connectivity index (χ3v) is 5.79. The number of amides is 4. The van der Waals surface area contributed by atoms with Gasteiger partial charge in [0.2, 0.25) is 0 Å². The Bertz CT molecular complexity index is 846. The van der Waals surface area contributed by atoms with Crippen molar-refractivity contribution in [2.75, 3.05) is 30.9 Å². The molecular formula is C22H30N4O5. The Balaban J connectivity index is 1.41. The number of carbonyl (C=O) groups is 4. The van der Waals surface area contributed by atoms with Crippen LogP contribution < -0.4 is 15.5 Å². The lowest BCUT2D eigenvalue weighted by Crippen LogP contribution is -2.44. The van der Waals surface area contributed by atoms with Gasteiger partial charge in [-0.25, -0.2) is 4.79 Å². The second-order valence-electron chi connectivity index (χ2n) is 8.34. The zero-order chi connectivity index (χ0) is 22.6. The van der Waals surface area contributed by atoms with E-state index in [-0.39, 0.29) is 25.3 Å². The molecule has 1 aliphatic carbocycles. The molecule has 1 aliphatic heterocycles. The summed E-state index contributed by atoms with van der Waals surface area (Å²) in [5.74, 6) is -1.17. The number of esters is 1. The molecule has 0 unspecified atom stereocenters. The van der Waals surface area contributed by atoms with Crippen LogP contribution in [0.15, 0.2) is 24.3 Å². The van der Waals surface area contributed by atoms with E-state index in [2.05, 4.69) is 10.6 Å². The highest BCUT2D eigenvalue weighted by molar-refractivity contribution is 6.07. The number of carbonyl (C=O) groups excluding carboxylic acids is 4. The molecule has 3 rings (SSSR count). The van der Waals surface area contributed by atoms with Gasteiger partial charge in [0.1, 0.15) is 5.54 Å². The van der Waals surface area contributed by atoms with Crippen LogP contribution in [0.25, 0.3) is 0 Å². The van der Waals surface area contributed by atoms with Crippen LogP contribution in [0, 0.1) is 0 Å². The summed E-state index contributed by atoms with van der Waals surface area (Å²) in [7, 11) is 3.85. The SMILES string of the molecule is C[C@H](OC(=O)CCCN1C(=O)NC2(CCCC2)C1=O)C(=O)Nc1ccc(N(C)C)cc1. The number of benzene rings is 1. The monoisotopic (exact) mass is 430 g/mol. The number of hydrogen-bond acceptors (Lipinski definition) is 6. The maximum absolute atomic E-state index is 12.6. The van der Waals surface area contributed by atoms with E-state index < -0.39 is 29.6 Å². The highest BCUT2D eigenvalue weighted by atomic mass is 16.5. The molecular weight excluding hydrogens is 400 g/mol. The van der Waals surface area contributed by atoms with Gasteiger partial charge in [0.25, 0.3) is 11.8 Å². The van der Waals surface area contributed by atoms with E-state index in [1.807, 2.05) is 31.1 Å². The summed E-state index contributed by atoms with van der Waals surface area (Å²) < 4.78 is 5.19. The minimum absolute atomic E-state index is 0.0131. The summed E-state index contributed by atoms with van der Waals surface area (Å²) in [5.41, 5.74) is 0.869. The minimum atomic E-state index is -0.959. The van der Waals surface area contributed by atoms with Crippen molar-refractivity contribution in [3.63, 3.8) is 0 Å². The largest absolute Gasteiger partial charge is 0.453 e. The molecule has 1 atom stereocenters. The Morgan fingerprint density at radius 1 is 1.19 bits per heavy atom. The zero-order valence-electron chi connectivity index (χ0n) is 18.3. The van der Waals surface area contributed by atoms with Gasteiger partial charge in [-0.05, 0) is 50.5 Å². The van der Waals surface area contributed by atoms with Crippen LogP contribution in [0.3, 0.4) is 0 Å². The van der Waals surface area contributed by atoms with Gasteiger partial charge < -0.3 is 20.3 Å². The predicted octanol–water partition coefficient (Wildman–Crippen LogP) is 2.27. The highest BCUT2D eigenvalue weighted by Gasteiger charge is 2.52. The second kappa shape index (κ2) is 9.36. The summed E-state index contributed by atoms with van der Waals surface area (Å²) in [6.07, 6.45) is 2.52. The quantitative estimate of drug-likeness (QED) is 0.484. The summed E-state index contributed by atoms with van der Waals surface area (Å²) in [6, 6.07) is 6.90. The van der Waals surface area contributed by atoms with Crippen molar-refractivity contribution in [3.8, 4) is 0 Å². The standard InChI is InChI=1S/C22H30N4O5/c1-15(19(28)23-16-8-10-17(11-9-16)25(2)3)31-18(27)7-6-14-26-20(29)22(24-21(26)30)12-4-5-13-22/h8-11,15H,4-7,12-14H2,1-3H3,(H,23,28)(H,24,30)/t15-/m0/s1. The second-order valence-corrected chi connectivity index (χ2v) is 8.34. The Hall–Kier alpha value is -3.10. The fourth-order valence-electron chi connectivity index (χ4n) is 3.97. The first-order chi connectivity index (χ1) is 14.7. The molecule has 2 aliphatic rings. The van der Waals surface area contributed by atoms with Crippen LogP contribution >= 0.6 is 0 Å². The molecule has 1 aromatic carbocycles. The van der Waals surface area contributed by atoms with Crippen LogP contribution in [0.2, 0.25) is 0 Å². The molecule has 2 fully saturated rings. The lowest BCUT2D eigenvalue weighted by atomic mass is 9.98. The van der Waals surface area contributed by atoms with Crippen molar-refractivity contribution >= 4 is 35.2 Å². The molecule has 1 aromatic rings. The lowest BCUT2D eigenvalue weighted by molar-refractivity contribution is -0.153. The molecule has 1 heterocycles. The molecule has 1 saturated carbocycles. The van der Waals surface area contributed by atoms with Crippen molar-refractivity contribution in [2.45, 2.75) is 57.1 Å². The fourth-order valence-corrected chi connectivity index (χ4v) is 3.97. The highest BCUT2D eigenvalue weighted by Crippen LogP contribution is 2.35. The number of imide groups is 1. The fraction of sp³-hybridized carbons (Fsp3) is 0.545. The third kappa shape index (κ3) is 5.15. The van der Waals surface area contributed by atoms with Crippen molar-refractivity contribution in [1.82, 2.24) is 10.2 Å². The van der Waals surface area contributed by atoms with Crippen LogP contribution in [-0.2, 0) is 19.1 Å². The van der Waals surface area contributed by atoms with E-state index in [4.69, 9.17) is 4.74 Å². The van der Waals surface area contributed by atoms with Gasteiger partial charge in [-0.3, -0.25) is 19.3 Å². The number of nitrogens with zero attached hydrogens (tertiary/aromatic N) is 2. The Morgan fingerprint density at radius 2 is 1.84 bits per heavy atom. The predicted molar refractivity (Wildman–Crippen MR) is 116 cm³/mol. The van der Waals surface area contributed by atoms with Crippen LogP contribution in [0.5, 0.6) is 0 Å². The summed E-state index contributed by atoms with van der Waals surface area (Å²) >= 11 is 0. The first-order valence-corrected chi connectivity index (χ1v) is 10.6. The molecule has 0 bridgehead atoms. The van der Waals surface area contributed by atoms with E-state index in [1.54, 1.807) is 12.1 Å². The summed E-state index contributed by atoms with van der Waals surface area (Å²) in [4.78, 5) is 52.2. The molecule has 0 aromatic heterocycles. The zero-order valence-corrected chi connectivity index (χ0v) is 18.3. The Kier molecular flexibility index (Phi) is 6.82. The topological polar surface area (TPSA) is 108 Å². The van der Waals surface area contributed by atoms with Gasteiger partial charge in [0.15, 0.2) is 6.10 Å². The van der Waals surface area contributed by atoms with Gasteiger partial charge in [-0.15, -0.1) is 0 Å². The van der Waals surface area contributed by atoms with E-state index >= 15 is 0 Å². The molecule has 168 valence electrons. The van der Waals surface area contributed by atoms with E-state index in [0.717, 1.165) is 18.5 Å². The Morgan fingerprint density at radius 3 is 2.45 bits per heavy atom. The van der Waals surface area contributed by atoms with Crippen molar-refractivity contribution in [3.05, 3.63) is 24.3 Å². The maximum atomic E-state index is 12.6. The van der Waals surface area contributed by atoms with Gasteiger partial charge in [0.05, 0.1) is 0 Å². The number of urea groups is 1. The summed E-state index contributed by atoms with van der Waals surface area (Å²) in [5, 5.41) is 5.53. The van der Waals surface area contributed by atoms with E-state index in [1.165, 1.54) is 11.8 Å². The summed E-state index contributed by atoms with van der Waals surface area (Å²) in [6.45, 7) is 1.66. The molecule has 2 N–H and O–H groups in total. The van der Waals surface area contributed by atoms with Gasteiger partial charge in [-0.1, -0.05) is 12.8 Å². The van der Waals surface area contributed by atoms with E-state index in [9.17, 15) is 19.2 Å². The minimum Gasteiger partial charge on any atom is -0.453 e. The van der Waals surface area contributed by atoms with E-state index in [0.29, 0.717) is 18.5 Å². The smallest absolute Gasteiger partial charge is 0.325 e. The number of anilines is 2. The number of ether oxygens (including phenoxy) is 1. The average molecular weight is 431 g/mol.